The molecule has 0 fully saturated rings. The lowest BCUT2D eigenvalue weighted by molar-refractivity contribution is -0.384. The van der Waals surface area contributed by atoms with Crippen molar-refractivity contribution >= 4 is 16.7 Å². The van der Waals surface area contributed by atoms with E-state index >= 15 is 0 Å². The van der Waals surface area contributed by atoms with Crippen molar-refractivity contribution in [3.8, 4) is 5.75 Å². The Bertz CT molecular complexity index is 999. The fourth-order valence-corrected chi connectivity index (χ4v) is 2.89. The van der Waals surface area contributed by atoms with Gasteiger partial charge in [0.15, 0.2) is 23.1 Å². The Morgan fingerprint density at radius 3 is 2.54 bits per heavy atom. The molecular formula is C18H17F2N3O3. The Morgan fingerprint density at radius 1 is 1.19 bits per heavy atom. The standard InChI is InChI=1S/C18H17F2N3O3/c1-4-22-16-8-5-11(23(24)25)9-15(16)21-17(22)18(2,3)26-12-6-7-13(19)14(20)10-12/h5-10H,4H2,1-3H3. The molecular weight excluding hydrogens is 344 g/mol. The van der Waals surface area contributed by atoms with E-state index < -0.39 is 22.2 Å². The Balaban J connectivity index is 2.06. The van der Waals surface area contributed by atoms with Crippen LogP contribution in [0.15, 0.2) is 36.4 Å². The van der Waals surface area contributed by atoms with Crippen molar-refractivity contribution < 1.29 is 18.4 Å². The zero-order valence-corrected chi connectivity index (χ0v) is 14.5. The number of nitro benzene ring substituents is 1. The van der Waals surface area contributed by atoms with Gasteiger partial charge in [-0.3, -0.25) is 10.1 Å². The van der Waals surface area contributed by atoms with E-state index in [2.05, 4.69) is 4.98 Å². The third kappa shape index (κ3) is 3.10. The molecule has 0 N–H and O–H groups in total. The van der Waals surface area contributed by atoms with Crippen LogP contribution in [0.1, 0.15) is 26.6 Å². The zero-order chi connectivity index (χ0) is 19.1. The number of aromatic nitrogens is 2. The maximum atomic E-state index is 13.5. The summed E-state index contributed by atoms with van der Waals surface area (Å²) in [5.41, 5.74) is 0.172. The number of rotatable bonds is 5. The molecule has 26 heavy (non-hydrogen) atoms. The largest absolute Gasteiger partial charge is 0.480 e. The van der Waals surface area contributed by atoms with Gasteiger partial charge in [0.05, 0.1) is 16.0 Å². The number of aryl methyl sites for hydroxylation is 1. The van der Waals surface area contributed by atoms with Crippen LogP contribution in [0.2, 0.25) is 0 Å². The zero-order valence-electron chi connectivity index (χ0n) is 14.5. The molecule has 0 bridgehead atoms. The first kappa shape index (κ1) is 17.8. The second-order valence-electron chi connectivity index (χ2n) is 6.30. The number of fused-ring (bicyclic) bond motifs is 1. The van der Waals surface area contributed by atoms with Crippen LogP contribution in [0, 0.1) is 21.7 Å². The van der Waals surface area contributed by atoms with Crippen LogP contribution in [0.5, 0.6) is 5.75 Å². The summed E-state index contributed by atoms with van der Waals surface area (Å²) in [5.74, 6) is -1.27. The van der Waals surface area contributed by atoms with Crippen molar-refractivity contribution in [2.24, 2.45) is 0 Å². The third-order valence-electron chi connectivity index (χ3n) is 4.06. The van der Waals surface area contributed by atoms with Crippen molar-refractivity contribution in [2.45, 2.75) is 32.9 Å². The number of hydrogen-bond donors (Lipinski definition) is 0. The van der Waals surface area contributed by atoms with E-state index in [1.54, 1.807) is 19.9 Å². The summed E-state index contributed by atoms with van der Waals surface area (Å²) in [6.45, 7) is 5.97. The van der Waals surface area contributed by atoms with Gasteiger partial charge in [0, 0.05) is 24.7 Å². The molecule has 3 aromatic rings. The minimum Gasteiger partial charge on any atom is -0.480 e. The molecule has 0 aliphatic rings. The lowest BCUT2D eigenvalue weighted by Gasteiger charge is -2.26. The molecule has 0 aliphatic carbocycles. The molecule has 0 radical (unpaired) electrons. The molecule has 6 nitrogen and oxygen atoms in total. The number of ether oxygens (including phenoxy) is 1. The fourth-order valence-electron chi connectivity index (χ4n) is 2.89. The Labute approximate surface area is 148 Å². The Kier molecular flexibility index (Phi) is 4.35. The van der Waals surface area contributed by atoms with Crippen LogP contribution in [0.25, 0.3) is 11.0 Å². The number of hydrogen-bond acceptors (Lipinski definition) is 4. The van der Waals surface area contributed by atoms with Gasteiger partial charge in [-0.05, 0) is 39.0 Å². The number of nitrogens with zero attached hydrogens (tertiary/aromatic N) is 3. The minimum absolute atomic E-state index is 0.0517. The summed E-state index contributed by atoms with van der Waals surface area (Å²) in [6, 6.07) is 7.76. The van der Waals surface area contributed by atoms with Crippen molar-refractivity contribution in [1.29, 1.82) is 0 Å². The van der Waals surface area contributed by atoms with Crippen molar-refractivity contribution in [2.75, 3.05) is 0 Å². The first-order valence-corrected chi connectivity index (χ1v) is 8.02. The molecule has 0 spiro atoms. The monoisotopic (exact) mass is 361 g/mol. The molecule has 136 valence electrons. The van der Waals surface area contributed by atoms with E-state index in [0.717, 1.165) is 17.6 Å². The van der Waals surface area contributed by atoms with E-state index in [9.17, 15) is 18.9 Å². The highest BCUT2D eigenvalue weighted by Gasteiger charge is 2.30. The summed E-state index contributed by atoms with van der Waals surface area (Å²) in [7, 11) is 0. The first-order chi connectivity index (χ1) is 12.2. The van der Waals surface area contributed by atoms with Crippen LogP contribution in [0.4, 0.5) is 14.5 Å². The quantitative estimate of drug-likeness (QED) is 0.493. The number of benzene rings is 2. The molecule has 0 unspecified atom stereocenters. The molecule has 2 aromatic carbocycles. The normalized spacial score (nSPS) is 11.7. The summed E-state index contributed by atoms with van der Waals surface area (Å²) < 4.78 is 34.3. The van der Waals surface area contributed by atoms with Gasteiger partial charge in [-0.15, -0.1) is 0 Å². The predicted octanol–water partition coefficient (Wildman–Crippen LogP) is 4.56. The topological polar surface area (TPSA) is 70.2 Å². The molecule has 0 saturated heterocycles. The van der Waals surface area contributed by atoms with Gasteiger partial charge in [0.2, 0.25) is 0 Å². The molecule has 0 saturated carbocycles. The van der Waals surface area contributed by atoms with E-state index in [1.165, 1.54) is 18.2 Å². The van der Waals surface area contributed by atoms with Crippen LogP contribution in [-0.4, -0.2) is 14.5 Å². The lowest BCUT2D eigenvalue weighted by Crippen LogP contribution is -2.29. The van der Waals surface area contributed by atoms with Crippen molar-refractivity contribution in [3.05, 3.63) is 64.0 Å². The molecule has 3 rings (SSSR count). The van der Waals surface area contributed by atoms with Crippen molar-refractivity contribution in [3.63, 3.8) is 0 Å². The fraction of sp³-hybridized carbons (Fsp3) is 0.278. The predicted molar refractivity (Wildman–Crippen MR) is 92.1 cm³/mol. The van der Waals surface area contributed by atoms with E-state index in [-0.39, 0.29) is 11.4 Å². The van der Waals surface area contributed by atoms with Crippen LogP contribution in [-0.2, 0) is 12.1 Å². The Morgan fingerprint density at radius 2 is 1.92 bits per heavy atom. The van der Waals surface area contributed by atoms with Crippen LogP contribution >= 0.6 is 0 Å². The minimum atomic E-state index is -1.00. The summed E-state index contributed by atoms with van der Waals surface area (Å²) in [5, 5.41) is 11.0. The van der Waals surface area contributed by atoms with E-state index in [0.29, 0.717) is 17.9 Å². The highest BCUT2D eigenvalue weighted by Crippen LogP contribution is 2.31. The molecule has 0 amide bonds. The van der Waals surface area contributed by atoms with Gasteiger partial charge in [-0.2, -0.15) is 0 Å². The van der Waals surface area contributed by atoms with Gasteiger partial charge < -0.3 is 9.30 Å². The van der Waals surface area contributed by atoms with Gasteiger partial charge in [-0.25, -0.2) is 13.8 Å². The number of nitro groups is 1. The SMILES string of the molecule is CCn1c(C(C)(C)Oc2ccc(F)c(F)c2)nc2cc([N+](=O)[O-])ccc21. The van der Waals surface area contributed by atoms with Gasteiger partial charge >= 0.3 is 0 Å². The van der Waals surface area contributed by atoms with E-state index in [1.807, 2.05) is 11.5 Å². The second-order valence-corrected chi connectivity index (χ2v) is 6.30. The number of halogens is 2. The molecule has 0 aliphatic heterocycles. The van der Waals surface area contributed by atoms with Gasteiger partial charge in [0.25, 0.3) is 5.69 Å². The number of imidazole rings is 1. The van der Waals surface area contributed by atoms with Crippen LogP contribution < -0.4 is 4.74 Å². The van der Waals surface area contributed by atoms with Crippen molar-refractivity contribution in [1.82, 2.24) is 9.55 Å². The average molecular weight is 361 g/mol. The maximum absolute atomic E-state index is 13.5. The van der Waals surface area contributed by atoms with Gasteiger partial charge in [-0.1, -0.05) is 0 Å². The molecule has 0 atom stereocenters. The molecule has 1 heterocycles. The summed E-state index contributed by atoms with van der Waals surface area (Å²) in [4.78, 5) is 15.0. The average Bonchev–Trinajstić information content (AvgIpc) is 2.96. The highest BCUT2D eigenvalue weighted by molar-refractivity contribution is 5.79. The van der Waals surface area contributed by atoms with E-state index in [4.69, 9.17) is 4.74 Å². The van der Waals surface area contributed by atoms with Gasteiger partial charge in [0.1, 0.15) is 5.75 Å². The highest BCUT2D eigenvalue weighted by atomic mass is 19.2. The summed E-state index contributed by atoms with van der Waals surface area (Å²) in [6.07, 6.45) is 0. The third-order valence-corrected chi connectivity index (χ3v) is 4.06. The van der Waals surface area contributed by atoms with Crippen LogP contribution in [0.3, 0.4) is 0 Å². The maximum Gasteiger partial charge on any atom is 0.271 e. The smallest absolute Gasteiger partial charge is 0.271 e. The molecule has 8 heteroatoms. The summed E-state index contributed by atoms with van der Waals surface area (Å²) >= 11 is 0. The lowest BCUT2D eigenvalue weighted by atomic mass is 10.1. The first-order valence-electron chi connectivity index (χ1n) is 8.02. The second kappa shape index (κ2) is 6.36. The molecule has 1 aromatic heterocycles. The Hall–Kier alpha value is -3.03. The number of non-ortho nitro benzene ring substituents is 1.